The molecule has 3 heteroatoms. The normalized spacial score (nSPS) is 17.4. The van der Waals surface area contributed by atoms with Gasteiger partial charge in [0.25, 0.3) is 0 Å². The summed E-state index contributed by atoms with van der Waals surface area (Å²) in [5.41, 5.74) is 0. The van der Waals surface area contributed by atoms with Gasteiger partial charge in [0.05, 0.1) is 25.9 Å². The minimum atomic E-state index is 0.419. The van der Waals surface area contributed by atoms with Gasteiger partial charge in [0.2, 0.25) is 0 Å². The third kappa shape index (κ3) is 5.83. The Kier molecular flexibility index (Phi) is 7.81. The second-order valence-electron chi connectivity index (χ2n) is 4.47. The molecule has 1 aliphatic rings. The van der Waals surface area contributed by atoms with E-state index in [0.29, 0.717) is 6.10 Å². The highest BCUT2D eigenvalue weighted by atomic mass is 16.5. The van der Waals surface area contributed by atoms with Crippen molar-refractivity contribution in [1.29, 1.82) is 0 Å². The average Bonchev–Trinajstić information content (AvgIpc) is 2.81. The van der Waals surface area contributed by atoms with Gasteiger partial charge in [-0.25, -0.2) is 0 Å². The van der Waals surface area contributed by atoms with Crippen molar-refractivity contribution in [2.75, 3.05) is 39.5 Å². The number of hydrogen-bond donors (Lipinski definition) is 0. The van der Waals surface area contributed by atoms with Crippen LogP contribution in [0.3, 0.4) is 0 Å². The summed E-state index contributed by atoms with van der Waals surface area (Å²) < 4.78 is 11.2. The molecular formula is C13H27NO2. The second-order valence-corrected chi connectivity index (χ2v) is 4.47. The molecule has 1 saturated heterocycles. The van der Waals surface area contributed by atoms with Gasteiger partial charge in [0.15, 0.2) is 0 Å². The van der Waals surface area contributed by atoms with Crippen LogP contribution in [0.25, 0.3) is 0 Å². The van der Waals surface area contributed by atoms with Crippen LogP contribution >= 0.6 is 0 Å². The summed E-state index contributed by atoms with van der Waals surface area (Å²) in [6.45, 7) is 10.3. The molecule has 0 N–H and O–H groups in total. The summed E-state index contributed by atoms with van der Waals surface area (Å²) in [5.74, 6) is 0. The van der Waals surface area contributed by atoms with Gasteiger partial charge in [-0.1, -0.05) is 13.8 Å². The molecule has 3 nitrogen and oxygen atoms in total. The molecule has 0 aromatic heterocycles. The molecule has 1 aliphatic heterocycles. The van der Waals surface area contributed by atoms with Crippen molar-refractivity contribution in [2.24, 2.45) is 0 Å². The lowest BCUT2D eigenvalue weighted by atomic mass is 10.2. The molecule has 0 saturated carbocycles. The summed E-state index contributed by atoms with van der Waals surface area (Å²) in [4.78, 5) is 2.47. The Balaban J connectivity index is 1.84. The zero-order valence-electron chi connectivity index (χ0n) is 10.9. The Labute approximate surface area is 100 Å². The quantitative estimate of drug-likeness (QED) is 0.566. The third-order valence-corrected chi connectivity index (χ3v) is 3.24. The van der Waals surface area contributed by atoms with Crippen molar-refractivity contribution in [3.63, 3.8) is 0 Å². The van der Waals surface area contributed by atoms with Gasteiger partial charge in [-0.3, -0.25) is 0 Å². The van der Waals surface area contributed by atoms with E-state index < -0.39 is 0 Å². The van der Waals surface area contributed by atoms with Crippen LogP contribution in [-0.2, 0) is 9.47 Å². The first-order valence-electron chi connectivity index (χ1n) is 6.78. The van der Waals surface area contributed by atoms with Gasteiger partial charge < -0.3 is 14.4 Å². The van der Waals surface area contributed by atoms with Gasteiger partial charge >= 0.3 is 0 Å². The molecule has 0 radical (unpaired) electrons. The highest BCUT2D eigenvalue weighted by Gasteiger charge is 2.10. The van der Waals surface area contributed by atoms with E-state index in [2.05, 4.69) is 18.7 Å². The maximum absolute atomic E-state index is 5.67. The third-order valence-electron chi connectivity index (χ3n) is 3.24. The van der Waals surface area contributed by atoms with Crippen molar-refractivity contribution in [3.05, 3.63) is 0 Å². The summed E-state index contributed by atoms with van der Waals surface area (Å²) >= 11 is 0. The Hall–Kier alpha value is -0.120. The van der Waals surface area contributed by atoms with Gasteiger partial charge in [-0.05, 0) is 38.8 Å². The van der Waals surface area contributed by atoms with Crippen molar-refractivity contribution in [2.45, 2.75) is 45.6 Å². The van der Waals surface area contributed by atoms with E-state index in [9.17, 15) is 0 Å². The van der Waals surface area contributed by atoms with E-state index >= 15 is 0 Å². The first-order chi connectivity index (χ1) is 7.86. The summed E-state index contributed by atoms with van der Waals surface area (Å²) in [6.07, 6.45) is 5.34. The van der Waals surface area contributed by atoms with Crippen LogP contribution in [0.5, 0.6) is 0 Å². The molecule has 0 aliphatic carbocycles. The lowest BCUT2D eigenvalue weighted by molar-refractivity contribution is -0.00112. The molecule has 0 spiro atoms. The Morgan fingerprint density at radius 2 is 1.69 bits per heavy atom. The van der Waals surface area contributed by atoms with Crippen LogP contribution in [0.4, 0.5) is 0 Å². The van der Waals surface area contributed by atoms with Crippen LogP contribution in [0, 0.1) is 0 Å². The van der Waals surface area contributed by atoms with Gasteiger partial charge in [-0.2, -0.15) is 0 Å². The number of rotatable bonds is 9. The van der Waals surface area contributed by atoms with Crippen molar-refractivity contribution in [3.8, 4) is 0 Å². The SMILES string of the molecule is CCC(CC)OCCOCCN1CCCC1. The van der Waals surface area contributed by atoms with Crippen LogP contribution < -0.4 is 0 Å². The number of hydrogen-bond acceptors (Lipinski definition) is 3. The smallest absolute Gasteiger partial charge is 0.0704 e. The molecule has 96 valence electrons. The highest BCUT2D eigenvalue weighted by molar-refractivity contribution is 4.65. The first kappa shape index (κ1) is 13.9. The van der Waals surface area contributed by atoms with Crippen LogP contribution in [0.1, 0.15) is 39.5 Å². The standard InChI is InChI=1S/C13H27NO2/c1-3-13(4-2)16-12-11-15-10-9-14-7-5-6-8-14/h13H,3-12H2,1-2H3. The molecule has 0 aromatic rings. The molecule has 1 fully saturated rings. The highest BCUT2D eigenvalue weighted by Crippen LogP contribution is 2.06. The van der Waals surface area contributed by atoms with Crippen molar-refractivity contribution < 1.29 is 9.47 Å². The predicted molar refractivity (Wildman–Crippen MR) is 66.8 cm³/mol. The van der Waals surface area contributed by atoms with E-state index in [1.807, 2.05) is 0 Å². The second kappa shape index (κ2) is 8.97. The zero-order valence-corrected chi connectivity index (χ0v) is 10.9. The molecule has 0 amide bonds. The lowest BCUT2D eigenvalue weighted by Gasteiger charge is -2.16. The van der Waals surface area contributed by atoms with Gasteiger partial charge in [0, 0.05) is 6.54 Å². The molecule has 0 aromatic carbocycles. The van der Waals surface area contributed by atoms with Crippen LogP contribution in [-0.4, -0.2) is 50.5 Å². The van der Waals surface area contributed by atoms with Crippen LogP contribution in [0.15, 0.2) is 0 Å². The zero-order chi connectivity index (χ0) is 11.6. The Morgan fingerprint density at radius 3 is 2.31 bits per heavy atom. The fourth-order valence-corrected chi connectivity index (χ4v) is 2.10. The monoisotopic (exact) mass is 229 g/mol. The minimum absolute atomic E-state index is 0.419. The summed E-state index contributed by atoms with van der Waals surface area (Å²) in [7, 11) is 0. The molecule has 0 atom stereocenters. The number of nitrogens with zero attached hydrogens (tertiary/aromatic N) is 1. The molecule has 0 unspecified atom stereocenters. The summed E-state index contributed by atoms with van der Waals surface area (Å²) in [6, 6.07) is 0. The molecule has 0 bridgehead atoms. The molecular weight excluding hydrogens is 202 g/mol. The van der Waals surface area contributed by atoms with Gasteiger partial charge in [0.1, 0.15) is 0 Å². The predicted octanol–water partition coefficient (Wildman–Crippen LogP) is 2.30. The van der Waals surface area contributed by atoms with E-state index in [0.717, 1.165) is 39.2 Å². The van der Waals surface area contributed by atoms with Crippen LogP contribution in [0.2, 0.25) is 0 Å². The molecule has 1 rings (SSSR count). The Morgan fingerprint density at radius 1 is 1.00 bits per heavy atom. The van der Waals surface area contributed by atoms with E-state index in [-0.39, 0.29) is 0 Å². The van der Waals surface area contributed by atoms with E-state index in [1.165, 1.54) is 25.9 Å². The number of ether oxygens (including phenoxy) is 2. The maximum atomic E-state index is 5.67. The fraction of sp³-hybridized carbons (Fsp3) is 1.00. The molecule has 1 heterocycles. The summed E-state index contributed by atoms with van der Waals surface area (Å²) in [5, 5.41) is 0. The fourth-order valence-electron chi connectivity index (χ4n) is 2.10. The van der Waals surface area contributed by atoms with E-state index in [1.54, 1.807) is 0 Å². The molecule has 16 heavy (non-hydrogen) atoms. The lowest BCUT2D eigenvalue weighted by Crippen LogP contribution is -2.25. The van der Waals surface area contributed by atoms with Gasteiger partial charge in [-0.15, -0.1) is 0 Å². The number of likely N-dealkylation sites (tertiary alicyclic amines) is 1. The Bertz CT molecular complexity index is 148. The largest absolute Gasteiger partial charge is 0.378 e. The average molecular weight is 229 g/mol. The minimum Gasteiger partial charge on any atom is -0.378 e. The maximum Gasteiger partial charge on any atom is 0.0704 e. The van der Waals surface area contributed by atoms with E-state index in [4.69, 9.17) is 9.47 Å². The van der Waals surface area contributed by atoms with Crippen molar-refractivity contribution >= 4 is 0 Å². The topological polar surface area (TPSA) is 21.7 Å². The van der Waals surface area contributed by atoms with Crippen molar-refractivity contribution in [1.82, 2.24) is 4.90 Å². The first-order valence-corrected chi connectivity index (χ1v) is 6.78.